The molecule has 4 rings (SSSR count). The maximum absolute atomic E-state index is 5.65. The van der Waals surface area contributed by atoms with E-state index in [1.165, 1.54) is 29.7 Å². The highest BCUT2D eigenvalue weighted by molar-refractivity contribution is 7.71. The van der Waals surface area contributed by atoms with Crippen LogP contribution in [0.1, 0.15) is 36.1 Å². The van der Waals surface area contributed by atoms with Gasteiger partial charge in [-0.2, -0.15) is 0 Å². The molecule has 0 aliphatic heterocycles. The molecule has 2 nitrogen and oxygen atoms in total. The fourth-order valence-electron chi connectivity index (χ4n) is 3.90. The van der Waals surface area contributed by atoms with E-state index >= 15 is 0 Å². The highest BCUT2D eigenvalue weighted by Gasteiger charge is 2.18. The quantitative estimate of drug-likeness (QED) is 0.536. The van der Waals surface area contributed by atoms with Crippen LogP contribution in [0.4, 0.5) is 0 Å². The van der Waals surface area contributed by atoms with Gasteiger partial charge in [0, 0.05) is 23.4 Å². The van der Waals surface area contributed by atoms with Crippen molar-refractivity contribution >= 4 is 12.2 Å². The SMILES string of the molecule is S=c1nc(-c2ccccc2)n(CCCc2ccccc2)c2c1CCCC2. The number of hydrogen-bond acceptors (Lipinski definition) is 2. The molecular formula is C23H24N2S. The molecule has 0 N–H and O–H groups in total. The lowest BCUT2D eigenvalue weighted by atomic mass is 9.96. The van der Waals surface area contributed by atoms with Gasteiger partial charge in [-0.1, -0.05) is 72.9 Å². The summed E-state index contributed by atoms with van der Waals surface area (Å²) in [5.74, 6) is 1.03. The fourth-order valence-corrected chi connectivity index (χ4v) is 4.21. The second kappa shape index (κ2) is 7.96. The van der Waals surface area contributed by atoms with Crippen molar-refractivity contribution in [1.82, 2.24) is 9.55 Å². The van der Waals surface area contributed by atoms with E-state index in [0.717, 1.165) is 48.3 Å². The predicted molar refractivity (Wildman–Crippen MR) is 110 cm³/mol. The Morgan fingerprint density at radius 1 is 0.885 bits per heavy atom. The van der Waals surface area contributed by atoms with Crippen molar-refractivity contribution < 1.29 is 0 Å². The molecule has 0 saturated heterocycles. The lowest BCUT2D eigenvalue weighted by Gasteiger charge is -2.24. The number of aryl methyl sites for hydroxylation is 1. The van der Waals surface area contributed by atoms with Gasteiger partial charge in [-0.05, 0) is 44.1 Å². The van der Waals surface area contributed by atoms with Gasteiger partial charge < -0.3 is 4.57 Å². The Hall–Kier alpha value is -2.26. The Morgan fingerprint density at radius 2 is 1.58 bits per heavy atom. The second-order valence-electron chi connectivity index (χ2n) is 6.98. The van der Waals surface area contributed by atoms with E-state index in [-0.39, 0.29) is 0 Å². The van der Waals surface area contributed by atoms with Crippen molar-refractivity contribution in [3.8, 4) is 11.4 Å². The first-order chi connectivity index (χ1) is 12.8. The van der Waals surface area contributed by atoms with Gasteiger partial charge in [0.1, 0.15) is 10.5 Å². The van der Waals surface area contributed by atoms with E-state index in [4.69, 9.17) is 17.2 Å². The van der Waals surface area contributed by atoms with Crippen LogP contribution in [0, 0.1) is 4.64 Å². The highest BCUT2D eigenvalue weighted by Crippen LogP contribution is 2.27. The molecule has 1 aromatic heterocycles. The van der Waals surface area contributed by atoms with Crippen molar-refractivity contribution in [2.24, 2.45) is 0 Å². The summed E-state index contributed by atoms with van der Waals surface area (Å²) < 4.78 is 3.25. The molecular weight excluding hydrogens is 336 g/mol. The molecule has 0 fully saturated rings. The van der Waals surface area contributed by atoms with E-state index in [1.807, 2.05) is 0 Å². The van der Waals surface area contributed by atoms with Gasteiger partial charge in [0.05, 0.1) is 0 Å². The van der Waals surface area contributed by atoms with Gasteiger partial charge in [-0.15, -0.1) is 0 Å². The van der Waals surface area contributed by atoms with Crippen LogP contribution in [-0.4, -0.2) is 9.55 Å². The average molecular weight is 361 g/mol. The highest BCUT2D eigenvalue weighted by atomic mass is 32.1. The summed E-state index contributed by atoms with van der Waals surface area (Å²) in [5.41, 5.74) is 5.29. The molecule has 2 aromatic carbocycles. The molecule has 132 valence electrons. The molecule has 1 aliphatic carbocycles. The van der Waals surface area contributed by atoms with Gasteiger partial charge in [0.25, 0.3) is 0 Å². The Balaban J connectivity index is 1.69. The van der Waals surface area contributed by atoms with Crippen LogP contribution in [0.25, 0.3) is 11.4 Å². The fraction of sp³-hybridized carbons (Fsp3) is 0.304. The minimum Gasteiger partial charge on any atom is -0.329 e. The van der Waals surface area contributed by atoms with Gasteiger partial charge in [0.15, 0.2) is 0 Å². The molecule has 0 amide bonds. The topological polar surface area (TPSA) is 17.8 Å². The molecule has 1 aliphatic rings. The maximum Gasteiger partial charge on any atom is 0.141 e. The molecule has 26 heavy (non-hydrogen) atoms. The van der Waals surface area contributed by atoms with E-state index in [2.05, 4.69) is 65.2 Å². The van der Waals surface area contributed by atoms with Gasteiger partial charge in [0.2, 0.25) is 0 Å². The Bertz CT molecular complexity index is 930. The number of benzene rings is 2. The van der Waals surface area contributed by atoms with Crippen LogP contribution in [0.5, 0.6) is 0 Å². The number of hydrogen-bond donors (Lipinski definition) is 0. The standard InChI is InChI=1S/C23H24N2S/c26-23-20-15-7-8-16-21(20)25(17-9-12-18-10-3-1-4-11-18)22(24-23)19-13-5-2-6-14-19/h1-6,10-11,13-14H,7-9,12,15-17H2. The summed E-state index contributed by atoms with van der Waals surface area (Å²) in [6.45, 7) is 0.990. The molecule has 0 saturated carbocycles. The van der Waals surface area contributed by atoms with Crippen molar-refractivity contribution in [3.63, 3.8) is 0 Å². The third-order valence-corrected chi connectivity index (χ3v) is 5.55. The lowest BCUT2D eigenvalue weighted by molar-refractivity contribution is 0.559. The predicted octanol–water partition coefficient (Wildman–Crippen LogP) is 5.79. The summed E-state index contributed by atoms with van der Waals surface area (Å²) in [6, 6.07) is 21.2. The summed E-state index contributed by atoms with van der Waals surface area (Å²) in [4.78, 5) is 4.86. The van der Waals surface area contributed by atoms with E-state index < -0.39 is 0 Å². The van der Waals surface area contributed by atoms with Crippen LogP contribution < -0.4 is 0 Å². The average Bonchev–Trinajstić information content (AvgIpc) is 2.71. The first-order valence-electron chi connectivity index (χ1n) is 9.55. The van der Waals surface area contributed by atoms with Crippen molar-refractivity contribution in [2.45, 2.75) is 45.1 Å². The minimum atomic E-state index is 0.804. The van der Waals surface area contributed by atoms with Crippen LogP contribution in [0.15, 0.2) is 60.7 Å². The van der Waals surface area contributed by atoms with Gasteiger partial charge >= 0.3 is 0 Å². The van der Waals surface area contributed by atoms with Crippen LogP contribution >= 0.6 is 12.2 Å². The van der Waals surface area contributed by atoms with Crippen LogP contribution in [0.3, 0.4) is 0 Å². The van der Waals surface area contributed by atoms with Crippen LogP contribution in [-0.2, 0) is 25.8 Å². The number of fused-ring (bicyclic) bond motifs is 1. The summed E-state index contributed by atoms with van der Waals surface area (Å²) in [5, 5.41) is 0. The van der Waals surface area contributed by atoms with Gasteiger partial charge in [-0.25, -0.2) is 4.98 Å². The smallest absolute Gasteiger partial charge is 0.141 e. The Kier molecular flexibility index (Phi) is 5.26. The first kappa shape index (κ1) is 17.2. The van der Waals surface area contributed by atoms with Crippen molar-refractivity contribution in [3.05, 3.63) is 82.1 Å². The van der Waals surface area contributed by atoms with Gasteiger partial charge in [-0.3, -0.25) is 0 Å². The number of rotatable bonds is 5. The van der Waals surface area contributed by atoms with Crippen molar-refractivity contribution in [2.75, 3.05) is 0 Å². The maximum atomic E-state index is 5.65. The monoisotopic (exact) mass is 360 g/mol. The van der Waals surface area contributed by atoms with Crippen LogP contribution in [0.2, 0.25) is 0 Å². The van der Waals surface area contributed by atoms with Crippen molar-refractivity contribution in [1.29, 1.82) is 0 Å². The number of aromatic nitrogens is 2. The zero-order valence-corrected chi connectivity index (χ0v) is 15.8. The third kappa shape index (κ3) is 3.63. The largest absolute Gasteiger partial charge is 0.329 e. The molecule has 1 heterocycles. The Labute approximate surface area is 160 Å². The Morgan fingerprint density at radius 3 is 2.35 bits per heavy atom. The summed E-state index contributed by atoms with van der Waals surface area (Å²) >= 11 is 5.65. The summed E-state index contributed by atoms with van der Waals surface area (Å²) in [6.07, 6.45) is 6.87. The molecule has 0 atom stereocenters. The minimum absolute atomic E-state index is 0.804. The van der Waals surface area contributed by atoms with E-state index in [9.17, 15) is 0 Å². The molecule has 0 spiro atoms. The second-order valence-corrected chi connectivity index (χ2v) is 7.37. The molecule has 3 aromatic rings. The zero-order chi connectivity index (χ0) is 17.8. The van der Waals surface area contributed by atoms with E-state index in [1.54, 1.807) is 0 Å². The van der Waals surface area contributed by atoms with E-state index in [0.29, 0.717) is 0 Å². The summed E-state index contributed by atoms with van der Waals surface area (Å²) in [7, 11) is 0. The third-order valence-electron chi connectivity index (χ3n) is 5.21. The lowest BCUT2D eigenvalue weighted by Crippen LogP contribution is -2.18. The molecule has 0 unspecified atom stereocenters. The zero-order valence-electron chi connectivity index (χ0n) is 15.0. The molecule has 3 heteroatoms. The normalized spacial score (nSPS) is 13.4. The molecule has 0 bridgehead atoms. The molecule has 0 radical (unpaired) electrons. The number of nitrogens with zero attached hydrogens (tertiary/aromatic N) is 2. The first-order valence-corrected chi connectivity index (χ1v) is 9.96.